The van der Waals surface area contributed by atoms with Crippen LogP contribution < -0.4 is 10.2 Å². The molecule has 0 bridgehead atoms. The van der Waals surface area contributed by atoms with E-state index in [9.17, 15) is 27.2 Å². The molecule has 41 heavy (non-hydrogen) atoms. The molecular weight excluding hydrogens is 536 g/mol. The maximum Gasteiger partial charge on any atom is 0.417 e. The van der Waals surface area contributed by atoms with Crippen LogP contribution in [0.1, 0.15) is 69.1 Å². The summed E-state index contributed by atoms with van der Waals surface area (Å²) in [6.45, 7) is 3.19. The second-order valence-corrected chi connectivity index (χ2v) is 11.3. The van der Waals surface area contributed by atoms with E-state index in [1.54, 1.807) is 24.5 Å². The first-order chi connectivity index (χ1) is 19.6. The van der Waals surface area contributed by atoms with Crippen molar-refractivity contribution in [3.05, 3.63) is 94.6 Å². The van der Waals surface area contributed by atoms with Gasteiger partial charge in [-0.2, -0.15) is 13.2 Å². The maximum absolute atomic E-state index is 14.4. The molecule has 6 rings (SSSR count). The van der Waals surface area contributed by atoms with Crippen molar-refractivity contribution in [3.8, 4) is 0 Å². The Bertz CT molecular complexity index is 1470. The summed E-state index contributed by atoms with van der Waals surface area (Å²) in [4.78, 5) is 34.8. The lowest BCUT2D eigenvalue weighted by atomic mass is 9.77. The van der Waals surface area contributed by atoms with E-state index < -0.39 is 35.1 Å². The molecule has 6 nitrogen and oxygen atoms in total. The summed E-state index contributed by atoms with van der Waals surface area (Å²) in [6.07, 6.45) is 2.69. The lowest BCUT2D eigenvalue weighted by Gasteiger charge is -2.40. The molecule has 1 aliphatic carbocycles. The van der Waals surface area contributed by atoms with Crippen molar-refractivity contribution >= 4 is 17.5 Å². The Labute approximate surface area is 235 Å². The predicted molar refractivity (Wildman–Crippen MR) is 145 cm³/mol. The number of halogens is 4. The van der Waals surface area contributed by atoms with Gasteiger partial charge in [0.15, 0.2) is 0 Å². The molecule has 1 spiro atoms. The van der Waals surface area contributed by atoms with Crippen LogP contribution in [0.2, 0.25) is 0 Å². The summed E-state index contributed by atoms with van der Waals surface area (Å²) in [5, 5.41) is 2.59. The highest BCUT2D eigenvalue weighted by Crippen LogP contribution is 2.42. The maximum atomic E-state index is 14.4. The number of carbonyl (C=O) groups is 2. The van der Waals surface area contributed by atoms with Gasteiger partial charge in [-0.05, 0) is 85.0 Å². The zero-order valence-corrected chi connectivity index (χ0v) is 22.4. The minimum atomic E-state index is -4.87. The Hall–Kier alpha value is -3.95. The van der Waals surface area contributed by atoms with Gasteiger partial charge in [0.05, 0.1) is 17.2 Å². The van der Waals surface area contributed by atoms with Gasteiger partial charge in [-0.15, -0.1) is 0 Å². The van der Waals surface area contributed by atoms with Crippen LogP contribution in [0.4, 0.5) is 23.2 Å². The van der Waals surface area contributed by atoms with Gasteiger partial charge >= 0.3 is 6.18 Å². The van der Waals surface area contributed by atoms with E-state index in [4.69, 9.17) is 0 Å². The van der Waals surface area contributed by atoms with Crippen LogP contribution >= 0.6 is 0 Å². The van der Waals surface area contributed by atoms with E-state index in [0.29, 0.717) is 43.1 Å². The van der Waals surface area contributed by atoms with Crippen molar-refractivity contribution in [1.82, 2.24) is 15.2 Å². The average Bonchev–Trinajstić information content (AvgIpc) is 3.57. The minimum absolute atomic E-state index is 0.0857. The van der Waals surface area contributed by atoms with Crippen LogP contribution in [0.3, 0.4) is 0 Å². The van der Waals surface area contributed by atoms with Crippen LogP contribution in [0.15, 0.2) is 60.9 Å². The largest absolute Gasteiger partial charge is 0.417 e. The molecule has 2 aromatic carbocycles. The van der Waals surface area contributed by atoms with Gasteiger partial charge in [0, 0.05) is 49.8 Å². The van der Waals surface area contributed by atoms with E-state index in [1.165, 1.54) is 0 Å². The predicted octanol–water partition coefficient (Wildman–Crippen LogP) is 5.79. The topological polar surface area (TPSA) is 65.5 Å². The molecule has 2 aliphatic heterocycles. The molecule has 0 radical (unpaired) electrons. The summed E-state index contributed by atoms with van der Waals surface area (Å²) in [5.41, 5.74) is 1.00. The molecule has 1 atom stereocenters. The fraction of sp³-hybridized carbons (Fsp3) is 0.387. The van der Waals surface area contributed by atoms with E-state index in [1.807, 2.05) is 23.1 Å². The summed E-state index contributed by atoms with van der Waals surface area (Å²) >= 11 is 0. The number of pyridine rings is 1. The fourth-order valence-electron chi connectivity index (χ4n) is 6.60. The van der Waals surface area contributed by atoms with Crippen molar-refractivity contribution < 1.29 is 27.2 Å². The van der Waals surface area contributed by atoms with Crippen LogP contribution in [0.5, 0.6) is 0 Å². The molecule has 1 N–H and O–H groups in total. The number of nitrogens with zero attached hydrogens (tertiary/aromatic N) is 3. The molecule has 2 saturated heterocycles. The summed E-state index contributed by atoms with van der Waals surface area (Å²) < 4.78 is 54.8. The smallest absolute Gasteiger partial charge is 0.371 e. The highest BCUT2D eigenvalue weighted by Gasteiger charge is 2.43. The number of piperidine rings is 1. The SMILES string of the molecule is O=C(N[C@@H]1CCc2ccc(C(=O)N3CCC4(CCN(c5ccncc5)CC4)C3)cc21)c1c(F)cccc1C(F)(F)F. The Morgan fingerprint density at radius 2 is 1.71 bits per heavy atom. The number of aryl methyl sites for hydroxylation is 1. The van der Waals surface area contributed by atoms with Crippen LogP contribution in [0.25, 0.3) is 0 Å². The standard InChI is InChI=1S/C31H30F4N4O2/c32-25-3-1-2-24(31(33,34)35)27(25)28(40)37-26-7-6-20-4-5-21(18-23(20)26)29(41)39-17-12-30(19-39)10-15-38(16-11-30)22-8-13-36-14-9-22/h1-5,8-9,13-14,18,26H,6-7,10-12,15-17,19H2,(H,37,40)/t26-/m1/s1. The number of nitrogens with one attached hydrogen (secondary N) is 1. The van der Waals surface area contributed by atoms with Gasteiger partial charge in [-0.3, -0.25) is 14.6 Å². The van der Waals surface area contributed by atoms with Gasteiger partial charge in [-0.1, -0.05) is 12.1 Å². The van der Waals surface area contributed by atoms with Crippen molar-refractivity contribution in [2.24, 2.45) is 5.41 Å². The number of fused-ring (bicyclic) bond motifs is 1. The number of hydrogen-bond donors (Lipinski definition) is 1. The third-order valence-corrected chi connectivity index (χ3v) is 8.90. The number of anilines is 1. The summed E-state index contributed by atoms with van der Waals surface area (Å²) in [7, 11) is 0. The van der Waals surface area contributed by atoms with E-state index in [0.717, 1.165) is 55.7 Å². The second-order valence-electron chi connectivity index (χ2n) is 11.3. The normalized spacial score (nSPS) is 19.9. The summed E-state index contributed by atoms with van der Waals surface area (Å²) in [5.74, 6) is -2.44. The van der Waals surface area contributed by atoms with Crippen molar-refractivity contribution in [3.63, 3.8) is 0 Å². The fourth-order valence-corrected chi connectivity index (χ4v) is 6.60. The molecule has 2 amide bonds. The van der Waals surface area contributed by atoms with Crippen LogP contribution in [-0.2, 0) is 12.6 Å². The van der Waals surface area contributed by atoms with Crippen molar-refractivity contribution in [1.29, 1.82) is 0 Å². The van der Waals surface area contributed by atoms with Crippen LogP contribution in [0, 0.1) is 11.2 Å². The zero-order chi connectivity index (χ0) is 28.8. The number of carbonyl (C=O) groups excluding carboxylic acids is 2. The number of rotatable bonds is 4. The molecule has 0 saturated carbocycles. The lowest BCUT2D eigenvalue weighted by Crippen LogP contribution is -2.42. The van der Waals surface area contributed by atoms with E-state index >= 15 is 0 Å². The average molecular weight is 567 g/mol. The number of hydrogen-bond acceptors (Lipinski definition) is 4. The molecule has 3 heterocycles. The van der Waals surface area contributed by atoms with Gasteiger partial charge in [-0.25, -0.2) is 4.39 Å². The number of likely N-dealkylation sites (tertiary alicyclic amines) is 1. The quantitative estimate of drug-likeness (QED) is 0.406. The third kappa shape index (κ3) is 5.27. The summed E-state index contributed by atoms with van der Waals surface area (Å²) in [6, 6.07) is 11.2. The molecule has 10 heteroatoms. The Balaban J connectivity index is 1.14. The van der Waals surface area contributed by atoms with Crippen molar-refractivity contribution in [2.75, 3.05) is 31.1 Å². The first-order valence-electron chi connectivity index (χ1n) is 13.9. The van der Waals surface area contributed by atoms with Crippen molar-refractivity contribution in [2.45, 2.75) is 44.3 Å². The zero-order valence-electron chi connectivity index (χ0n) is 22.4. The van der Waals surface area contributed by atoms with Gasteiger partial charge in [0.1, 0.15) is 5.82 Å². The highest BCUT2D eigenvalue weighted by atomic mass is 19.4. The van der Waals surface area contributed by atoms with Crippen LogP contribution in [-0.4, -0.2) is 47.9 Å². The second kappa shape index (κ2) is 10.5. The monoisotopic (exact) mass is 566 g/mol. The molecule has 1 aromatic heterocycles. The van der Waals surface area contributed by atoms with Gasteiger partial charge in [0.25, 0.3) is 11.8 Å². The van der Waals surface area contributed by atoms with Gasteiger partial charge < -0.3 is 15.1 Å². The molecule has 2 fully saturated rings. The highest BCUT2D eigenvalue weighted by molar-refractivity contribution is 5.97. The molecule has 3 aromatic rings. The Morgan fingerprint density at radius 1 is 0.976 bits per heavy atom. The van der Waals surface area contributed by atoms with E-state index in [2.05, 4.69) is 15.2 Å². The number of benzene rings is 2. The Kier molecular flexibility index (Phi) is 6.95. The number of amides is 2. The Morgan fingerprint density at radius 3 is 2.44 bits per heavy atom. The molecular formula is C31H30F4N4O2. The molecule has 214 valence electrons. The minimum Gasteiger partial charge on any atom is -0.371 e. The first kappa shape index (κ1) is 27.2. The molecule has 3 aliphatic rings. The first-order valence-corrected chi connectivity index (χ1v) is 13.9. The molecule has 0 unspecified atom stereocenters. The lowest BCUT2D eigenvalue weighted by molar-refractivity contribution is -0.138. The number of aromatic nitrogens is 1. The number of alkyl halides is 3. The van der Waals surface area contributed by atoms with E-state index in [-0.39, 0.29) is 11.3 Å². The third-order valence-electron chi connectivity index (χ3n) is 8.90. The van der Waals surface area contributed by atoms with Gasteiger partial charge in [0.2, 0.25) is 0 Å².